The minimum absolute atomic E-state index is 0.116. The van der Waals surface area contributed by atoms with Gasteiger partial charge in [-0.15, -0.1) is 0 Å². The Labute approximate surface area is 122 Å². The number of nitrogens with one attached hydrogen (secondary N) is 1. The number of hydrogen-bond donors (Lipinski definition) is 2. The largest absolute Gasteiger partial charge is 0.496 e. The van der Waals surface area contributed by atoms with Crippen LogP contribution in [0.3, 0.4) is 0 Å². The topological polar surface area (TPSA) is 58.6 Å². The summed E-state index contributed by atoms with van der Waals surface area (Å²) in [4.78, 5) is 12.1. The van der Waals surface area contributed by atoms with E-state index < -0.39 is 0 Å². The van der Waals surface area contributed by atoms with Crippen LogP contribution in [0.4, 0.5) is 0 Å². The number of carbonyl (C=O) groups excluding carboxylic acids is 1. The summed E-state index contributed by atoms with van der Waals surface area (Å²) < 4.78 is 6.06. The van der Waals surface area contributed by atoms with Gasteiger partial charge in [0, 0.05) is 17.6 Å². The molecule has 1 aromatic rings. The molecule has 0 saturated carbocycles. The summed E-state index contributed by atoms with van der Waals surface area (Å²) in [6.45, 7) is 4.63. The van der Waals surface area contributed by atoms with Crippen LogP contribution in [0.1, 0.15) is 30.6 Å². The third-order valence-electron chi connectivity index (χ3n) is 2.92. The van der Waals surface area contributed by atoms with Crippen molar-refractivity contribution in [3.8, 4) is 5.75 Å². The van der Waals surface area contributed by atoms with Crippen LogP contribution in [0.5, 0.6) is 5.75 Å². The average Bonchev–Trinajstić information content (AvgIpc) is 2.35. The Morgan fingerprint density at radius 3 is 2.74 bits per heavy atom. The molecule has 0 saturated heterocycles. The first-order valence-electron chi connectivity index (χ1n) is 6.12. The molecular formula is C14H20BrNO3. The normalized spacial score (nSPS) is 11.2. The highest BCUT2D eigenvalue weighted by Gasteiger charge is 2.20. The minimum Gasteiger partial charge on any atom is -0.496 e. The molecule has 0 fully saturated rings. The van der Waals surface area contributed by atoms with E-state index in [0.29, 0.717) is 24.3 Å². The van der Waals surface area contributed by atoms with Gasteiger partial charge in [0.05, 0.1) is 12.7 Å². The van der Waals surface area contributed by atoms with E-state index in [1.54, 1.807) is 18.2 Å². The highest BCUT2D eigenvalue weighted by atomic mass is 79.9. The Balaban J connectivity index is 2.74. The number of hydrogen-bond acceptors (Lipinski definition) is 3. The average molecular weight is 330 g/mol. The second-order valence-corrected chi connectivity index (χ2v) is 6.08. The number of ether oxygens (including phenoxy) is 1. The van der Waals surface area contributed by atoms with Crippen LogP contribution in [-0.4, -0.2) is 31.3 Å². The summed E-state index contributed by atoms with van der Waals surface area (Å²) in [7, 11) is 1.54. The first-order valence-corrected chi connectivity index (χ1v) is 6.91. The number of methoxy groups -OCH3 is 1. The van der Waals surface area contributed by atoms with Gasteiger partial charge >= 0.3 is 0 Å². The standard InChI is InChI=1S/C14H20BrNO3/c1-14(2,6-7-17)9-16-13(18)11-5-4-10(15)8-12(11)19-3/h4-5,8,17H,6-7,9H2,1-3H3,(H,16,18). The molecule has 0 heterocycles. The number of aliphatic hydroxyl groups is 1. The van der Waals surface area contributed by atoms with Crippen LogP contribution >= 0.6 is 15.9 Å². The van der Waals surface area contributed by atoms with Crippen molar-refractivity contribution in [2.75, 3.05) is 20.3 Å². The molecule has 2 N–H and O–H groups in total. The number of benzene rings is 1. The fourth-order valence-electron chi connectivity index (χ4n) is 1.66. The zero-order chi connectivity index (χ0) is 14.5. The Hall–Kier alpha value is -1.07. The number of carbonyl (C=O) groups is 1. The SMILES string of the molecule is COc1cc(Br)ccc1C(=O)NCC(C)(C)CCO. The Morgan fingerprint density at radius 2 is 2.16 bits per heavy atom. The fourth-order valence-corrected chi connectivity index (χ4v) is 2.00. The van der Waals surface area contributed by atoms with Crippen LogP contribution in [0.25, 0.3) is 0 Å². The van der Waals surface area contributed by atoms with Crippen molar-refractivity contribution < 1.29 is 14.6 Å². The molecule has 1 aromatic carbocycles. The summed E-state index contributed by atoms with van der Waals surface area (Å²) in [5, 5.41) is 11.8. The van der Waals surface area contributed by atoms with Crippen molar-refractivity contribution in [3.05, 3.63) is 28.2 Å². The van der Waals surface area contributed by atoms with Gasteiger partial charge in [-0.1, -0.05) is 29.8 Å². The van der Waals surface area contributed by atoms with Crippen LogP contribution in [0.15, 0.2) is 22.7 Å². The van der Waals surface area contributed by atoms with Crippen molar-refractivity contribution in [3.63, 3.8) is 0 Å². The molecule has 1 rings (SSSR count). The molecule has 0 unspecified atom stereocenters. The van der Waals surface area contributed by atoms with Crippen LogP contribution in [-0.2, 0) is 0 Å². The summed E-state index contributed by atoms with van der Waals surface area (Å²) in [6, 6.07) is 5.28. The number of amides is 1. The van der Waals surface area contributed by atoms with E-state index in [9.17, 15) is 4.79 Å². The van der Waals surface area contributed by atoms with E-state index in [2.05, 4.69) is 21.2 Å². The van der Waals surface area contributed by atoms with Crippen molar-refractivity contribution >= 4 is 21.8 Å². The van der Waals surface area contributed by atoms with Gasteiger partial charge in [0.2, 0.25) is 0 Å². The molecule has 0 radical (unpaired) electrons. The second-order valence-electron chi connectivity index (χ2n) is 5.17. The Bertz CT molecular complexity index is 446. The molecule has 0 spiro atoms. The molecule has 19 heavy (non-hydrogen) atoms. The van der Waals surface area contributed by atoms with E-state index in [0.717, 1.165) is 4.47 Å². The lowest BCUT2D eigenvalue weighted by atomic mass is 9.89. The summed E-state index contributed by atoms with van der Waals surface area (Å²) in [6.07, 6.45) is 0.644. The number of halogens is 1. The highest BCUT2D eigenvalue weighted by Crippen LogP contribution is 2.24. The Kier molecular flexibility index (Phi) is 5.82. The van der Waals surface area contributed by atoms with E-state index in [4.69, 9.17) is 9.84 Å². The third kappa shape index (κ3) is 4.84. The molecule has 1 amide bonds. The molecule has 0 aliphatic carbocycles. The predicted molar refractivity (Wildman–Crippen MR) is 78.5 cm³/mol. The lowest BCUT2D eigenvalue weighted by Crippen LogP contribution is -2.34. The number of aliphatic hydroxyl groups excluding tert-OH is 1. The summed E-state index contributed by atoms with van der Waals surface area (Å²) in [5.41, 5.74) is 0.373. The molecular weight excluding hydrogens is 310 g/mol. The predicted octanol–water partition coefficient (Wildman–Crippen LogP) is 2.60. The van der Waals surface area contributed by atoms with E-state index in [1.807, 2.05) is 13.8 Å². The van der Waals surface area contributed by atoms with Crippen molar-refractivity contribution in [1.29, 1.82) is 0 Å². The first-order chi connectivity index (χ1) is 8.89. The maximum Gasteiger partial charge on any atom is 0.255 e. The van der Waals surface area contributed by atoms with Gasteiger partial charge in [-0.05, 0) is 30.0 Å². The molecule has 5 heteroatoms. The Morgan fingerprint density at radius 1 is 1.47 bits per heavy atom. The third-order valence-corrected chi connectivity index (χ3v) is 3.42. The zero-order valence-electron chi connectivity index (χ0n) is 11.5. The smallest absolute Gasteiger partial charge is 0.255 e. The lowest BCUT2D eigenvalue weighted by molar-refractivity contribution is 0.0925. The number of rotatable bonds is 6. The zero-order valence-corrected chi connectivity index (χ0v) is 13.1. The van der Waals surface area contributed by atoms with Crippen LogP contribution < -0.4 is 10.1 Å². The van der Waals surface area contributed by atoms with E-state index in [1.165, 1.54) is 7.11 Å². The van der Waals surface area contributed by atoms with Crippen molar-refractivity contribution in [2.24, 2.45) is 5.41 Å². The van der Waals surface area contributed by atoms with Gasteiger partial charge < -0.3 is 15.2 Å². The van der Waals surface area contributed by atoms with Crippen LogP contribution in [0, 0.1) is 5.41 Å². The monoisotopic (exact) mass is 329 g/mol. The van der Waals surface area contributed by atoms with Gasteiger partial charge in [-0.2, -0.15) is 0 Å². The van der Waals surface area contributed by atoms with Crippen LogP contribution in [0.2, 0.25) is 0 Å². The quantitative estimate of drug-likeness (QED) is 0.843. The fraction of sp³-hybridized carbons (Fsp3) is 0.500. The van der Waals surface area contributed by atoms with Gasteiger partial charge in [0.25, 0.3) is 5.91 Å². The van der Waals surface area contributed by atoms with Crippen molar-refractivity contribution in [2.45, 2.75) is 20.3 Å². The van der Waals surface area contributed by atoms with Gasteiger partial charge in [0.1, 0.15) is 5.75 Å². The van der Waals surface area contributed by atoms with Crippen molar-refractivity contribution in [1.82, 2.24) is 5.32 Å². The first kappa shape index (κ1) is 16.0. The molecule has 0 bridgehead atoms. The maximum atomic E-state index is 12.1. The molecule has 0 atom stereocenters. The van der Waals surface area contributed by atoms with Gasteiger partial charge in [0.15, 0.2) is 0 Å². The second kappa shape index (κ2) is 6.91. The van der Waals surface area contributed by atoms with Gasteiger partial charge in [-0.25, -0.2) is 0 Å². The highest BCUT2D eigenvalue weighted by molar-refractivity contribution is 9.10. The van der Waals surface area contributed by atoms with Gasteiger partial charge in [-0.3, -0.25) is 4.79 Å². The molecule has 4 nitrogen and oxygen atoms in total. The summed E-state index contributed by atoms with van der Waals surface area (Å²) in [5.74, 6) is 0.363. The molecule has 0 aromatic heterocycles. The molecule has 0 aliphatic rings. The maximum absolute atomic E-state index is 12.1. The van der Waals surface area contributed by atoms with E-state index in [-0.39, 0.29) is 17.9 Å². The molecule has 0 aliphatic heterocycles. The lowest BCUT2D eigenvalue weighted by Gasteiger charge is -2.24. The minimum atomic E-state index is -0.171. The van der Waals surface area contributed by atoms with E-state index >= 15 is 0 Å². The summed E-state index contributed by atoms with van der Waals surface area (Å²) >= 11 is 3.34. The molecule has 106 valence electrons.